The van der Waals surface area contributed by atoms with Gasteiger partial charge in [-0.3, -0.25) is 0 Å². The van der Waals surface area contributed by atoms with E-state index in [-0.39, 0.29) is 0 Å². The van der Waals surface area contributed by atoms with E-state index in [0.29, 0.717) is 0 Å². The second kappa shape index (κ2) is 12.1. The van der Waals surface area contributed by atoms with Crippen LogP contribution in [0.4, 0.5) is 0 Å². The van der Waals surface area contributed by atoms with Gasteiger partial charge in [0.25, 0.3) is 0 Å². The maximum atomic E-state index is 5.29. The first-order chi connectivity index (χ1) is 9.14. The summed E-state index contributed by atoms with van der Waals surface area (Å²) in [5, 5.41) is 0. The van der Waals surface area contributed by atoms with E-state index in [4.69, 9.17) is 12.6 Å². The normalized spacial score (nSPS) is 16.6. The maximum Gasteiger partial charge on any atom is 0.00653 e. The van der Waals surface area contributed by atoms with Gasteiger partial charge in [-0.15, -0.1) is 0 Å². The third-order valence-corrected chi connectivity index (χ3v) is 5.59. The Labute approximate surface area is 128 Å². The first-order valence-electron chi connectivity index (χ1n) is 8.72. The van der Waals surface area contributed by atoms with Crippen molar-refractivity contribution in [3.8, 4) is 0 Å². The Morgan fingerprint density at radius 1 is 0.526 bits per heavy atom. The Kier molecular flexibility index (Phi) is 12.3. The summed E-state index contributed by atoms with van der Waals surface area (Å²) in [6, 6.07) is 0. The standard InChI is InChI=1S/C18H37S/c1-6-15(7-2)11-16(8-3)12-17(9-4)13-18(10-5)14-19/h15-18H,6-14H2,1-5H3. The van der Waals surface area contributed by atoms with Crippen molar-refractivity contribution in [1.29, 1.82) is 0 Å². The second-order valence-electron chi connectivity index (χ2n) is 6.38. The van der Waals surface area contributed by atoms with E-state index >= 15 is 0 Å². The van der Waals surface area contributed by atoms with Crippen LogP contribution in [0.5, 0.6) is 0 Å². The largest absolute Gasteiger partial charge is 0.0939 e. The number of rotatable bonds is 12. The van der Waals surface area contributed by atoms with Crippen LogP contribution < -0.4 is 0 Å². The van der Waals surface area contributed by atoms with E-state index in [1.54, 1.807) is 0 Å². The van der Waals surface area contributed by atoms with E-state index in [2.05, 4.69) is 34.6 Å². The third kappa shape index (κ3) is 8.27. The smallest absolute Gasteiger partial charge is 0.00653 e. The molecule has 0 N–H and O–H groups in total. The van der Waals surface area contributed by atoms with Crippen molar-refractivity contribution < 1.29 is 0 Å². The van der Waals surface area contributed by atoms with Crippen LogP contribution in [-0.4, -0.2) is 5.75 Å². The average Bonchev–Trinajstić information content (AvgIpc) is 2.46. The van der Waals surface area contributed by atoms with Crippen molar-refractivity contribution in [2.45, 2.75) is 86.0 Å². The molecule has 0 bridgehead atoms. The average molecular weight is 286 g/mol. The summed E-state index contributed by atoms with van der Waals surface area (Å²) in [6.45, 7) is 11.7. The maximum absolute atomic E-state index is 5.29. The topological polar surface area (TPSA) is 0 Å². The first kappa shape index (κ1) is 19.4. The van der Waals surface area contributed by atoms with Crippen LogP contribution >= 0.6 is 12.6 Å². The molecule has 115 valence electrons. The Morgan fingerprint density at radius 3 is 1.16 bits per heavy atom. The Morgan fingerprint density at radius 2 is 0.842 bits per heavy atom. The van der Waals surface area contributed by atoms with Gasteiger partial charge in [-0.25, -0.2) is 0 Å². The molecule has 3 unspecified atom stereocenters. The van der Waals surface area contributed by atoms with Crippen LogP contribution in [0.15, 0.2) is 0 Å². The first-order valence-corrected chi connectivity index (χ1v) is 9.30. The lowest BCUT2D eigenvalue weighted by molar-refractivity contribution is 0.256. The van der Waals surface area contributed by atoms with Gasteiger partial charge >= 0.3 is 0 Å². The van der Waals surface area contributed by atoms with Gasteiger partial charge in [-0.1, -0.05) is 79.4 Å². The molecule has 0 heterocycles. The minimum atomic E-state index is 0.783. The van der Waals surface area contributed by atoms with Gasteiger partial charge in [-0.2, -0.15) is 0 Å². The molecule has 0 aliphatic heterocycles. The Balaban J connectivity index is 4.30. The lowest BCUT2D eigenvalue weighted by atomic mass is 9.79. The molecule has 0 saturated carbocycles. The van der Waals surface area contributed by atoms with Crippen molar-refractivity contribution in [3.63, 3.8) is 0 Å². The van der Waals surface area contributed by atoms with Crippen molar-refractivity contribution >= 4 is 12.6 Å². The lowest BCUT2D eigenvalue weighted by Gasteiger charge is -2.27. The van der Waals surface area contributed by atoms with Crippen LogP contribution in [-0.2, 0) is 0 Å². The minimum absolute atomic E-state index is 0.783. The summed E-state index contributed by atoms with van der Waals surface area (Å²) in [4.78, 5) is 0. The highest BCUT2D eigenvalue weighted by atomic mass is 32.1. The molecule has 0 aromatic heterocycles. The summed E-state index contributed by atoms with van der Waals surface area (Å²) >= 11 is 5.29. The molecule has 3 atom stereocenters. The van der Waals surface area contributed by atoms with Gasteiger partial charge in [0.1, 0.15) is 0 Å². The summed E-state index contributed by atoms with van der Waals surface area (Å²) in [7, 11) is 0. The SMILES string of the molecule is CCC(CC)CC(CC)CC(CC)CC(CC)C[S]. The van der Waals surface area contributed by atoms with Gasteiger partial charge in [0.2, 0.25) is 0 Å². The van der Waals surface area contributed by atoms with Gasteiger partial charge in [0.05, 0.1) is 0 Å². The highest BCUT2D eigenvalue weighted by Crippen LogP contribution is 2.31. The third-order valence-electron chi connectivity index (χ3n) is 5.12. The zero-order chi connectivity index (χ0) is 14.7. The van der Waals surface area contributed by atoms with Gasteiger partial charge in [0, 0.05) is 5.75 Å². The van der Waals surface area contributed by atoms with Gasteiger partial charge in [0.15, 0.2) is 0 Å². The van der Waals surface area contributed by atoms with E-state index in [1.807, 2.05) is 0 Å². The summed E-state index contributed by atoms with van der Waals surface area (Å²) in [5.41, 5.74) is 0. The molecule has 0 rings (SSSR count). The predicted molar refractivity (Wildman–Crippen MR) is 91.7 cm³/mol. The zero-order valence-electron chi connectivity index (χ0n) is 14.1. The molecule has 0 aliphatic carbocycles. The Hall–Kier alpha value is 0.350. The molecule has 0 fully saturated rings. The van der Waals surface area contributed by atoms with E-state index in [0.717, 1.165) is 29.4 Å². The molecular formula is C18H37S. The Bertz CT molecular complexity index is 162. The molecule has 0 aromatic carbocycles. The second-order valence-corrected chi connectivity index (χ2v) is 6.71. The fourth-order valence-electron chi connectivity index (χ4n) is 3.25. The molecular weight excluding hydrogens is 248 g/mol. The van der Waals surface area contributed by atoms with Crippen LogP contribution in [0.2, 0.25) is 0 Å². The zero-order valence-corrected chi connectivity index (χ0v) is 14.9. The summed E-state index contributed by atoms with van der Waals surface area (Å²) in [5.74, 6) is 4.54. The van der Waals surface area contributed by atoms with E-state index in [1.165, 1.54) is 51.4 Å². The lowest BCUT2D eigenvalue weighted by Crippen LogP contribution is -2.15. The molecule has 0 aliphatic rings. The fraction of sp³-hybridized carbons (Fsp3) is 1.00. The predicted octanol–water partition coefficient (Wildman–Crippen LogP) is 6.87. The van der Waals surface area contributed by atoms with Crippen LogP contribution in [0.25, 0.3) is 0 Å². The highest BCUT2D eigenvalue weighted by Gasteiger charge is 2.19. The number of hydrogen-bond donors (Lipinski definition) is 0. The quantitative estimate of drug-likeness (QED) is 0.367. The van der Waals surface area contributed by atoms with Crippen molar-refractivity contribution in [2.75, 3.05) is 5.75 Å². The minimum Gasteiger partial charge on any atom is -0.0939 e. The van der Waals surface area contributed by atoms with E-state index in [9.17, 15) is 0 Å². The van der Waals surface area contributed by atoms with Gasteiger partial charge in [-0.05, 0) is 42.9 Å². The molecule has 0 nitrogen and oxygen atoms in total. The molecule has 1 heteroatoms. The van der Waals surface area contributed by atoms with E-state index < -0.39 is 0 Å². The van der Waals surface area contributed by atoms with Crippen molar-refractivity contribution in [1.82, 2.24) is 0 Å². The van der Waals surface area contributed by atoms with Crippen LogP contribution in [0, 0.1) is 23.7 Å². The van der Waals surface area contributed by atoms with Gasteiger partial charge < -0.3 is 0 Å². The molecule has 19 heavy (non-hydrogen) atoms. The fourth-order valence-corrected chi connectivity index (χ4v) is 3.62. The van der Waals surface area contributed by atoms with Crippen molar-refractivity contribution in [3.05, 3.63) is 0 Å². The monoisotopic (exact) mass is 285 g/mol. The molecule has 1 radical (unpaired) electrons. The number of hydrogen-bond acceptors (Lipinski definition) is 0. The van der Waals surface area contributed by atoms with Crippen LogP contribution in [0.3, 0.4) is 0 Å². The summed E-state index contributed by atoms with van der Waals surface area (Å²) < 4.78 is 0. The molecule has 0 amide bonds. The molecule has 0 spiro atoms. The molecule has 0 aromatic rings. The molecule has 0 saturated heterocycles. The van der Waals surface area contributed by atoms with Crippen LogP contribution in [0.1, 0.15) is 86.0 Å². The highest BCUT2D eigenvalue weighted by molar-refractivity contribution is 7.80. The summed E-state index contributed by atoms with van der Waals surface area (Å²) in [6.07, 6.45) is 10.9. The van der Waals surface area contributed by atoms with Crippen molar-refractivity contribution in [2.24, 2.45) is 23.7 Å².